The quantitative estimate of drug-likeness (QED) is 0.864. The summed E-state index contributed by atoms with van der Waals surface area (Å²) in [5.41, 5.74) is 2.93. The SMILES string of the molecule is Cc1ccc(CO)c2c(C(=O)O)c(C3CC3)nn12. The number of pyridine rings is 1. The van der Waals surface area contributed by atoms with Crippen molar-refractivity contribution in [3.63, 3.8) is 0 Å². The fourth-order valence-corrected chi connectivity index (χ4v) is 2.34. The molecule has 0 aromatic carbocycles. The van der Waals surface area contributed by atoms with Crippen LogP contribution in [0.4, 0.5) is 0 Å². The van der Waals surface area contributed by atoms with Crippen LogP contribution < -0.4 is 0 Å². The number of nitrogens with zero attached hydrogens (tertiary/aromatic N) is 2. The highest BCUT2D eigenvalue weighted by Crippen LogP contribution is 2.42. The molecule has 2 heterocycles. The van der Waals surface area contributed by atoms with E-state index in [4.69, 9.17) is 0 Å². The molecule has 0 amide bonds. The van der Waals surface area contributed by atoms with Crippen molar-refractivity contribution in [2.24, 2.45) is 0 Å². The highest BCUT2D eigenvalue weighted by molar-refractivity contribution is 5.98. The van der Waals surface area contributed by atoms with Crippen molar-refractivity contribution in [3.05, 3.63) is 34.6 Å². The van der Waals surface area contributed by atoms with E-state index in [1.54, 1.807) is 10.6 Å². The van der Waals surface area contributed by atoms with Gasteiger partial charge in [0.25, 0.3) is 0 Å². The summed E-state index contributed by atoms with van der Waals surface area (Å²) in [4.78, 5) is 11.5. The van der Waals surface area contributed by atoms with Gasteiger partial charge in [0.05, 0.1) is 17.8 Å². The largest absolute Gasteiger partial charge is 0.478 e. The molecule has 18 heavy (non-hydrogen) atoms. The fraction of sp³-hybridized carbons (Fsp3) is 0.385. The number of carbonyl (C=O) groups is 1. The molecule has 0 aliphatic heterocycles. The monoisotopic (exact) mass is 246 g/mol. The van der Waals surface area contributed by atoms with Gasteiger partial charge in [0.15, 0.2) is 0 Å². The van der Waals surface area contributed by atoms with Crippen molar-refractivity contribution in [2.75, 3.05) is 0 Å². The van der Waals surface area contributed by atoms with Gasteiger partial charge in [-0.05, 0) is 25.8 Å². The molecule has 1 aliphatic carbocycles. The van der Waals surface area contributed by atoms with Gasteiger partial charge in [-0.3, -0.25) is 0 Å². The van der Waals surface area contributed by atoms with Gasteiger partial charge in [-0.15, -0.1) is 0 Å². The molecule has 1 fully saturated rings. The average Bonchev–Trinajstić information content (AvgIpc) is 3.10. The molecule has 1 aliphatic rings. The van der Waals surface area contributed by atoms with E-state index in [9.17, 15) is 15.0 Å². The van der Waals surface area contributed by atoms with Gasteiger partial charge < -0.3 is 10.2 Å². The smallest absolute Gasteiger partial charge is 0.339 e. The second kappa shape index (κ2) is 3.81. The lowest BCUT2D eigenvalue weighted by Crippen LogP contribution is -2.02. The third-order valence-electron chi connectivity index (χ3n) is 3.42. The summed E-state index contributed by atoms with van der Waals surface area (Å²) >= 11 is 0. The number of hydrogen-bond acceptors (Lipinski definition) is 3. The molecular weight excluding hydrogens is 232 g/mol. The summed E-state index contributed by atoms with van der Waals surface area (Å²) in [5, 5.41) is 23.2. The van der Waals surface area contributed by atoms with Crippen LogP contribution in [0.2, 0.25) is 0 Å². The van der Waals surface area contributed by atoms with Gasteiger partial charge in [0.2, 0.25) is 0 Å². The van der Waals surface area contributed by atoms with Gasteiger partial charge in [-0.1, -0.05) is 6.07 Å². The van der Waals surface area contributed by atoms with Crippen LogP contribution in [0.1, 0.15) is 46.1 Å². The number of aromatic nitrogens is 2. The minimum absolute atomic E-state index is 0.181. The maximum atomic E-state index is 11.5. The van der Waals surface area contributed by atoms with Crippen LogP contribution in [0.25, 0.3) is 5.52 Å². The van der Waals surface area contributed by atoms with Crippen molar-refractivity contribution in [2.45, 2.75) is 32.3 Å². The van der Waals surface area contributed by atoms with Gasteiger partial charge >= 0.3 is 5.97 Å². The number of aliphatic hydroxyl groups is 1. The molecule has 5 heteroatoms. The van der Waals surface area contributed by atoms with Crippen LogP contribution in [-0.2, 0) is 6.61 Å². The van der Waals surface area contributed by atoms with Gasteiger partial charge in [-0.25, -0.2) is 9.31 Å². The van der Waals surface area contributed by atoms with Crippen LogP contribution in [0.3, 0.4) is 0 Å². The Hall–Kier alpha value is -1.88. The molecule has 2 aromatic rings. The molecule has 0 unspecified atom stereocenters. The lowest BCUT2D eigenvalue weighted by Gasteiger charge is -2.04. The number of fused-ring (bicyclic) bond motifs is 1. The van der Waals surface area contributed by atoms with Gasteiger partial charge in [0.1, 0.15) is 5.56 Å². The van der Waals surface area contributed by atoms with E-state index in [2.05, 4.69) is 5.10 Å². The summed E-state index contributed by atoms with van der Waals surface area (Å²) in [6, 6.07) is 3.60. The Bertz CT molecular complexity index is 641. The van der Waals surface area contributed by atoms with E-state index in [-0.39, 0.29) is 18.1 Å². The Kier molecular flexibility index (Phi) is 2.38. The molecule has 2 N–H and O–H groups in total. The Labute approximate surface area is 104 Å². The maximum absolute atomic E-state index is 11.5. The summed E-state index contributed by atoms with van der Waals surface area (Å²) in [7, 11) is 0. The van der Waals surface area contributed by atoms with E-state index in [1.807, 2.05) is 13.0 Å². The zero-order valence-corrected chi connectivity index (χ0v) is 10.1. The molecule has 5 nitrogen and oxygen atoms in total. The number of aromatic carboxylic acids is 1. The molecule has 0 radical (unpaired) electrons. The number of hydrogen-bond donors (Lipinski definition) is 2. The summed E-state index contributed by atoms with van der Waals surface area (Å²) in [5.74, 6) is -0.700. The second-order valence-corrected chi connectivity index (χ2v) is 4.76. The summed E-state index contributed by atoms with van der Waals surface area (Å²) in [6.45, 7) is 1.70. The molecule has 0 atom stereocenters. The number of aliphatic hydroxyl groups excluding tert-OH is 1. The highest BCUT2D eigenvalue weighted by atomic mass is 16.4. The molecule has 2 aromatic heterocycles. The topological polar surface area (TPSA) is 74.8 Å². The van der Waals surface area contributed by atoms with Crippen LogP contribution >= 0.6 is 0 Å². The molecule has 0 spiro atoms. The summed E-state index contributed by atoms with van der Waals surface area (Å²) in [6.07, 6.45) is 2.00. The van der Waals surface area contributed by atoms with Crippen LogP contribution in [-0.4, -0.2) is 25.8 Å². The molecule has 0 bridgehead atoms. The number of rotatable bonds is 3. The molecular formula is C13H14N2O3. The second-order valence-electron chi connectivity index (χ2n) is 4.76. The number of carboxylic acid groups (broad SMARTS) is 1. The fourth-order valence-electron chi connectivity index (χ4n) is 2.34. The molecule has 1 saturated carbocycles. The van der Waals surface area contributed by atoms with Crippen molar-refractivity contribution in [1.29, 1.82) is 0 Å². The Balaban J connectivity index is 2.40. The average molecular weight is 246 g/mol. The minimum atomic E-state index is -0.966. The maximum Gasteiger partial charge on any atom is 0.339 e. The number of carboxylic acids is 1. The van der Waals surface area contributed by atoms with Gasteiger partial charge in [0, 0.05) is 17.2 Å². The van der Waals surface area contributed by atoms with Crippen molar-refractivity contribution in [3.8, 4) is 0 Å². The third-order valence-corrected chi connectivity index (χ3v) is 3.42. The first-order valence-corrected chi connectivity index (χ1v) is 5.98. The molecule has 3 rings (SSSR count). The van der Waals surface area contributed by atoms with E-state index < -0.39 is 5.97 Å². The first-order valence-electron chi connectivity index (χ1n) is 5.98. The van der Waals surface area contributed by atoms with E-state index >= 15 is 0 Å². The van der Waals surface area contributed by atoms with Crippen molar-refractivity contribution in [1.82, 2.24) is 9.61 Å². The molecule has 0 saturated heterocycles. The first-order chi connectivity index (χ1) is 8.63. The first kappa shape index (κ1) is 11.2. The van der Waals surface area contributed by atoms with Crippen LogP contribution in [0.5, 0.6) is 0 Å². The third kappa shape index (κ3) is 1.51. The van der Waals surface area contributed by atoms with E-state index in [0.29, 0.717) is 16.8 Å². The summed E-state index contributed by atoms with van der Waals surface area (Å²) < 4.78 is 1.64. The Morgan fingerprint density at radius 3 is 2.78 bits per heavy atom. The lowest BCUT2D eigenvalue weighted by molar-refractivity contribution is 0.0697. The van der Waals surface area contributed by atoms with Gasteiger partial charge in [-0.2, -0.15) is 5.10 Å². The number of aryl methyl sites for hydroxylation is 1. The Morgan fingerprint density at radius 2 is 2.22 bits per heavy atom. The highest BCUT2D eigenvalue weighted by Gasteiger charge is 2.33. The standard InChI is InChI=1S/C13H14N2O3/c1-7-2-3-9(6-16)12-10(13(17)18)11(8-4-5-8)14-15(7)12/h2-3,8,16H,4-6H2,1H3,(H,17,18). The normalized spacial score (nSPS) is 15.2. The van der Waals surface area contributed by atoms with Crippen LogP contribution in [0, 0.1) is 6.92 Å². The Morgan fingerprint density at radius 1 is 1.50 bits per heavy atom. The van der Waals surface area contributed by atoms with Crippen molar-refractivity contribution < 1.29 is 15.0 Å². The zero-order chi connectivity index (χ0) is 12.9. The van der Waals surface area contributed by atoms with Crippen LogP contribution in [0.15, 0.2) is 12.1 Å². The lowest BCUT2D eigenvalue weighted by atomic mass is 10.1. The zero-order valence-electron chi connectivity index (χ0n) is 10.1. The van der Waals surface area contributed by atoms with E-state index in [0.717, 1.165) is 18.5 Å². The van der Waals surface area contributed by atoms with Crippen molar-refractivity contribution >= 4 is 11.5 Å². The molecule has 94 valence electrons. The predicted molar refractivity (Wildman–Crippen MR) is 64.8 cm³/mol. The predicted octanol–water partition coefficient (Wildman–Crippen LogP) is 1.71. The van der Waals surface area contributed by atoms with E-state index in [1.165, 1.54) is 0 Å². The minimum Gasteiger partial charge on any atom is -0.478 e.